The molecule has 1 rings (SSSR count). The maximum Gasteiger partial charge on any atom is 0.303 e. The molecule has 0 bridgehead atoms. The minimum atomic E-state index is -0.708. The summed E-state index contributed by atoms with van der Waals surface area (Å²) < 4.78 is 1.90. The molecule has 1 aromatic rings. The predicted molar refractivity (Wildman–Crippen MR) is 53.1 cm³/mol. The van der Waals surface area contributed by atoms with E-state index >= 15 is 0 Å². The molecular weight excluding hydrogens is 180 g/mol. The van der Waals surface area contributed by atoms with Gasteiger partial charge in [0.25, 0.3) is 0 Å². The Morgan fingerprint density at radius 3 is 2.86 bits per heavy atom. The first-order valence-electron chi connectivity index (χ1n) is 4.89. The molecule has 0 aliphatic rings. The van der Waals surface area contributed by atoms with Crippen LogP contribution in [0.15, 0.2) is 12.4 Å². The largest absolute Gasteiger partial charge is 0.481 e. The van der Waals surface area contributed by atoms with Crippen LogP contribution in [0.2, 0.25) is 0 Å². The number of aromatic nitrogens is 2. The lowest BCUT2D eigenvalue weighted by Gasteiger charge is -2.00. The van der Waals surface area contributed by atoms with E-state index in [9.17, 15) is 4.79 Å². The van der Waals surface area contributed by atoms with Crippen molar-refractivity contribution >= 4 is 5.97 Å². The molecule has 0 aliphatic heterocycles. The van der Waals surface area contributed by atoms with Crippen molar-refractivity contribution < 1.29 is 9.90 Å². The molecule has 0 saturated heterocycles. The SMILES string of the molecule is Cc1cnn(CCCCCC(=O)O)c1. The van der Waals surface area contributed by atoms with Gasteiger partial charge < -0.3 is 5.11 Å². The van der Waals surface area contributed by atoms with Gasteiger partial charge in [-0.05, 0) is 25.3 Å². The monoisotopic (exact) mass is 196 g/mol. The third kappa shape index (κ3) is 4.07. The van der Waals surface area contributed by atoms with Crippen LogP contribution in [0.3, 0.4) is 0 Å². The van der Waals surface area contributed by atoms with Crippen LogP contribution in [-0.4, -0.2) is 20.9 Å². The van der Waals surface area contributed by atoms with Crippen LogP contribution in [0.5, 0.6) is 0 Å². The highest BCUT2D eigenvalue weighted by atomic mass is 16.4. The number of carbonyl (C=O) groups is 1. The number of nitrogens with zero attached hydrogens (tertiary/aromatic N) is 2. The van der Waals surface area contributed by atoms with E-state index in [1.165, 1.54) is 0 Å². The highest BCUT2D eigenvalue weighted by Crippen LogP contribution is 2.02. The van der Waals surface area contributed by atoms with Crippen LogP contribution in [-0.2, 0) is 11.3 Å². The standard InChI is InChI=1S/C10H16N2O2/c1-9-7-11-12(8-9)6-4-2-3-5-10(13)14/h7-8H,2-6H2,1H3,(H,13,14). The molecule has 0 spiro atoms. The second kappa shape index (κ2) is 5.42. The van der Waals surface area contributed by atoms with Gasteiger partial charge in [-0.2, -0.15) is 5.10 Å². The summed E-state index contributed by atoms with van der Waals surface area (Å²) in [5.74, 6) is -0.708. The fourth-order valence-corrected chi connectivity index (χ4v) is 1.32. The summed E-state index contributed by atoms with van der Waals surface area (Å²) >= 11 is 0. The maximum atomic E-state index is 10.2. The van der Waals surface area contributed by atoms with Gasteiger partial charge in [0.15, 0.2) is 0 Å². The molecule has 78 valence electrons. The number of unbranched alkanes of at least 4 members (excludes halogenated alkanes) is 2. The van der Waals surface area contributed by atoms with Crippen molar-refractivity contribution in [2.75, 3.05) is 0 Å². The molecule has 4 heteroatoms. The first-order chi connectivity index (χ1) is 6.68. The molecule has 1 N–H and O–H groups in total. The van der Waals surface area contributed by atoms with Gasteiger partial charge in [-0.15, -0.1) is 0 Å². The van der Waals surface area contributed by atoms with Crippen molar-refractivity contribution in [3.63, 3.8) is 0 Å². The summed E-state index contributed by atoms with van der Waals surface area (Å²) in [5, 5.41) is 12.6. The van der Waals surface area contributed by atoms with E-state index in [4.69, 9.17) is 5.11 Å². The number of carboxylic acids is 1. The molecule has 1 aromatic heterocycles. The van der Waals surface area contributed by atoms with Gasteiger partial charge in [-0.25, -0.2) is 0 Å². The third-order valence-corrected chi connectivity index (χ3v) is 2.04. The number of hydrogen-bond donors (Lipinski definition) is 1. The zero-order chi connectivity index (χ0) is 10.4. The summed E-state index contributed by atoms with van der Waals surface area (Å²) in [6.07, 6.45) is 6.81. The average molecular weight is 196 g/mol. The topological polar surface area (TPSA) is 55.1 Å². The second-order valence-electron chi connectivity index (χ2n) is 3.49. The summed E-state index contributed by atoms with van der Waals surface area (Å²) in [5.41, 5.74) is 1.16. The van der Waals surface area contributed by atoms with Crippen LogP contribution in [0.1, 0.15) is 31.2 Å². The lowest BCUT2D eigenvalue weighted by Crippen LogP contribution is -1.99. The van der Waals surface area contributed by atoms with Gasteiger partial charge in [0, 0.05) is 19.2 Å². The molecule has 0 atom stereocenters. The molecule has 1 heterocycles. The van der Waals surface area contributed by atoms with E-state index in [1.807, 2.05) is 24.0 Å². The Morgan fingerprint density at radius 1 is 1.50 bits per heavy atom. The predicted octanol–water partition coefficient (Wildman–Crippen LogP) is 1.84. The molecule has 0 amide bonds. The van der Waals surface area contributed by atoms with Gasteiger partial charge in [-0.1, -0.05) is 6.42 Å². The Kier molecular flexibility index (Phi) is 4.16. The van der Waals surface area contributed by atoms with Crippen LogP contribution >= 0.6 is 0 Å². The second-order valence-corrected chi connectivity index (χ2v) is 3.49. The van der Waals surface area contributed by atoms with E-state index in [-0.39, 0.29) is 6.42 Å². The minimum absolute atomic E-state index is 0.276. The van der Waals surface area contributed by atoms with Crippen molar-refractivity contribution in [3.8, 4) is 0 Å². The lowest BCUT2D eigenvalue weighted by atomic mass is 10.2. The van der Waals surface area contributed by atoms with Gasteiger partial charge in [-0.3, -0.25) is 9.48 Å². The molecule has 0 radical (unpaired) electrons. The lowest BCUT2D eigenvalue weighted by molar-refractivity contribution is -0.137. The van der Waals surface area contributed by atoms with E-state index in [0.29, 0.717) is 0 Å². The molecule has 4 nitrogen and oxygen atoms in total. The van der Waals surface area contributed by atoms with Crippen LogP contribution in [0.4, 0.5) is 0 Å². The number of aryl methyl sites for hydroxylation is 2. The van der Waals surface area contributed by atoms with E-state index < -0.39 is 5.97 Å². The zero-order valence-corrected chi connectivity index (χ0v) is 8.44. The van der Waals surface area contributed by atoms with E-state index in [0.717, 1.165) is 31.4 Å². The summed E-state index contributed by atoms with van der Waals surface area (Å²) in [4.78, 5) is 10.2. The van der Waals surface area contributed by atoms with Crippen molar-refractivity contribution in [2.24, 2.45) is 0 Å². The molecule has 0 unspecified atom stereocenters. The Bertz CT molecular complexity index is 294. The van der Waals surface area contributed by atoms with Crippen LogP contribution < -0.4 is 0 Å². The Labute approximate surface area is 83.5 Å². The molecular formula is C10H16N2O2. The van der Waals surface area contributed by atoms with Crippen LogP contribution in [0, 0.1) is 6.92 Å². The average Bonchev–Trinajstić information content (AvgIpc) is 2.50. The molecule has 0 saturated carbocycles. The van der Waals surface area contributed by atoms with Gasteiger partial charge in [0.05, 0.1) is 6.20 Å². The maximum absolute atomic E-state index is 10.2. The first kappa shape index (κ1) is 10.8. The van der Waals surface area contributed by atoms with E-state index in [2.05, 4.69) is 5.10 Å². The zero-order valence-electron chi connectivity index (χ0n) is 8.44. The quantitative estimate of drug-likeness (QED) is 0.706. The normalized spacial score (nSPS) is 10.4. The fourth-order valence-electron chi connectivity index (χ4n) is 1.32. The van der Waals surface area contributed by atoms with Gasteiger partial charge in [0.2, 0.25) is 0 Å². The Morgan fingerprint density at radius 2 is 2.29 bits per heavy atom. The summed E-state index contributed by atoms with van der Waals surface area (Å²) in [6, 6.07) is 0. The number of rotatable bonds is 6. The smallest absolute Gasteiger partial charge is 0.303 e. The minimum Gasteiger partial charge on any atom is -0.481 e. The third-order valence-electron chi connectivity index (χ3n) is 2.04. The van der Waals surface area contributed by atoms with Crippen molar-refractivity contribution in [3.05, 3.63) is 18.0 Å². The highest BCUT2D eigenvalue weighted by molar-refractivity contribution is 5.66. The number of carboxylic acid groups (broad SMARTS) is 1. The fraction of sp³-hybridized carbons (Fsp3) is 0.600. The first-order valence-corrected chi connectivity index (χ1v) is 4.89. The van der Waals surface area contributed by atoms with Crippen molar-refractivity contribution in [2.45, 2.75) is 39.2 Å². The molecule has 0 aliphatic carbocycles. The number of hydrogen-bond acceptors (Lipinski definition) is 2. The van der Waals surface area contributed by atoms with Gasteiger partial charge in [0.1, 0.15) is 0 Å². The van der Waals surface area contributed by atoms with Crippen molar-refractivity contribution in [1.29, 1.82) is 0 Å². The van der Waals surface area contributed by atoms with Gasteiger partial charge >= 0.3 is 5.97 Å². The highest BCUT2D eigenvalue weighted by Gasteiger charge is 1.97. The van der Waals surface area contributed by atoms with Crippen LogP contribution in [0.25, 0.3) is 0 Å². The molecule has 14 heavy (non-hydrogen) atoms. The van der Waals surface area contributed by atoms with E-state index in [1.54, 1.807) is 0 Å². The Balaban J connectivity index is 2.07. The number of aliphatic carboxylic acids is 1. The Hall–Kier alpha value is -1.32. The van der Waals surface area contributed by atoms with Crippen molar-refractivity contribution in [1.82, 2.24) is 9.78 Å². The summed E-state index contributed by atoms with van der Waals surface area (Å²) in [6.45, 7) is 2.89. The molecule has 0 aromatic carbocycles. The molecule has 0 fully saturated rings. The summed E-state index contributed by atoms with van der Waals surface area (Å²) in [7, 11) is 0.